The lowest BCUT2D eigenvalue weighted by Crippen LogP contribution is -2.62. The lowest BCUT2D eigenvalue weighted by atomic mass is 9.85. The standard InChI is InChI=1S/C66H66N14O17S5/c1-28(81)45-58(86)77-46(29(2)91-7)61-73-40(27-100-61)57(85)78-49-51-52(97-43-18-66(4,89)53(79(5)6)30(3)96-43)65(88)94-20-32-12-9-13-41-44(32)34(21-93-51)50(80(41)90)64(87)95-22-35(69-55(83)38-26-102-63(49)74-38)60-70-36(23-99-60)47-33(59-71-39(25-98-59)56(84)76-45)17-42(92-8)48(75-47)62-72-37(24-101-62)54(82)68-16-14-31-11-10-15-67-19-31/h9-13,15,17,19,23-28,30,35,43,45,49,51-53,81,89-90H,14,16,18,20-22H2,1-8H3,(H,68,82)(H,69,83)(H,76,84)(H,77,86)(H,78,85)/b46-29+. The average Bonchev–Trinajstić information content (AvgIpc) is 1.58. The smallest absolute Gasteiger partial charge is 0.358 e. The van der Waals surface area contributed by atoms with Crippen LogP contribution in [0.5, 0.6) is 5.75 Å². The second-order valence-corrected chi connectivity index (χ2v) is 28.9. The molecule has 12 heterocycles. The molecule has 532 valence electrons. The van der Waals surface area contributed by atoms with E-state index in [0.29, 0.717) is 16.7 Å². The van der Waals surface area contributed by atoms with Crippen LogP contribution < -0.4 is 31.3 Å². The average molecular weight is 1490 g/mol. The molecular weight excluding hydrogens is 1420 g/mol. The Morgan fingerprint density at radius 2 is 1.54 bits per heavy atom. The highest BCUT2D eigenvalue weighted by atomic mass is 32.1. The van der Waals surface area contributed by atoms with E-state index in [0.717, 1.165) is 62.2 Å². The monoisotopic (exact) mass is 1490 g/mol. The fraction of sp³-hybridized carbons (Fsp3) is 0.364. The van der Waals surface area contributed by atoms with E-state index in [1.807, 2.05) is 6.07 Å². The number of fused-ring (bicyclic) bond motifs is 15. The number of aromatic nitrogens is 8. The molecule has 8 N–H and O–H groups in total. The molecule has 36 heteroatoms. The van der Waals surface area contributed by atoms with Crippen LogP contribution in [0.3, 0.4) is 0 Å². The Morgan fingerprint density at radius 1 is 0.833 bits per heavy atom. The van der Waals surface area contributed by atoms with Gasteiger partial charge in [-0.3, -0.25) is 29.0 Å². The van der Waals surface area contributed by atoms with E-state index < -0.39 is 127 Å². The molecule has 0 saturated carbocycles. The lowest BCUT2D eigenvalue weighted by Gasteiger charge is -2.48. The van der Waals surface area contributed by atoms with Gasteiger partial charge < -0.3 is 80.1 Å². The third-order valence-corrected chi connectivity index (χ3v) is 21.9. The number of hydrogen-bond acceptors (Lipinski definition) is 30. The molecule has 102 heavy (non-hydrogen) atoms. The van der Waals surface area contributed by atoms with Gasteiger partial charge in [0.15, 0.2) is 18.1 Å². The summed E-state index contributed by atoms with van der Waals surface area (Å²) in [6.07, 6.45) is -3.57. The summed E-state index contributed by atoms with van der Waals surface area (Å²) in [5.41, 5.74) is -0.538. The maximum atomic E-state index is 15.2. The molecule has 1 saturated heterocycles. The zero-order valence-corrected chi connectivity index (χ0v) is 59.7. The van der Waals surface area contributed by atoms with Gasteiger partial charge in [-0.25, -0.2) is 39.5 Å². The van der Waals surface area contributed by atoms with Crippen molar-refractivity contribution < 1.29 is 82.1 Å². The van der Waals surface area contributed by atoms with Gasteiger partial charge in [-0.05, 0) is 77.5 Å². The number of aliphatic hydroxyl groups excluding tert-OH is 1. The summed E-state index contributed by atoms with van der Waals surface area (Å²) < 4.78 is 44.4. The molecule has 13 rings (SSSR count). The van der Waals surface area contributed by atoms with Gasteiger partial charge in [0, 0.05) is 68.8 Å². The minimum Gasteiger partial charge on any atom is -0.499 e. The van der Waals surface area contributed by atoms with Crippen LogP contribution in [0, 0.1) is 0 Å². The molecule has 8 aromatic heterocycles. The molecule has 12 bridgehead atoms. The molecule has 10 atom stereocenters. The fourth-order valence-electron chi connectivity index (χ4n) is 12.6. The first-order valence-electron chi connectivity index (χ1n) is 31.7. The molecule has 4 aliphatic rings. The number of benzene rings is 1. The van der Waals surface area contributed by atoms with Crippen LogP contribution in [0.25, 0.3) is 49.3 Å². The summed E-state index contributed by atoms with van der Waals surface area (Å²) in [7, 11) is 6.29. The Bertz CT molecular complexity index is 4770. The molecule has 10 unspecified atom stereocenters. The first kappa shape index (κ1) is 70.8. The van der Waals surface area contributed by atoms with Crippen molar-refractivity contribution >= 4 is 115 Å². The third kappa shape index (κ3) is 14.2. The predicted molar refractivity (Wildman–Crippen MR) is 369 cm³/mol. The number of amides is 5. The van der Waals surface area contributed by atoms with Gasteiger partial charge in [0.2, 0.25) is 5.91 Å². The zero-order chi connectivity index (χ0) is 72.0. The Kier molecular flexibility index (Phi) is 20.4. The second-order valence-electron chi connectivity index (χ2n) is 24.6. The summed E-state index contributed by atoms with van der Waals surface area (Å²) in [4.78, 5) is 138. The fourth-order valence-corrected chi connectivity index (χ4v) is 16.7. The Balaban J connectivity index is 0.970. The van der Waals surface area contributed by atoms with Crippen molar-refractivity contribution in [2.75, 3.05) is 41.5 Å². The number of methoxy groups -OCH3 is 2. The van der Waals surface area contributed by atoms with E-state index >= 15 is 19.2 Å². The number of carbonyl (C=O) groups excluding carboxylic acids is 7. The lowest BCUT2D eigenvalue weighted by molar-refractivity contribution is -0.280. The topological polar surface area (TPSA) is 403 Å². The van der Waals surface area contributed by atoms with E-state index in [1.165, 1.54) is 50.3 Å². The summed E-state index contributed by atoms with van der Waals surface area (Å²) in [6.45, 7) is 4.70. The van der Waals surface area contributed by atoms with Crippen LogP contribution in [0.2, 0.25) is 0 Å². The van der Waals surface area contributed by atoms with Crippen LogP contribution in [-0.4, -0.2) is 191 Å². The largest absolute Gasteiger partial charge is 0.499 e. The number of nitrogens with one attached hydrogen (secondary N) is 5. The molecule has 0 radical (unpaired) electrons. The van der Waals surface area contributed by atoms with Gasteiger partial charge in [-0.15, -0.1) is 56.7 Å². The van der Waals surface area contributed by atoms with E-state index in [-0.39, 0.29) is 117 Å². The number of nitrogens with zero attached hydrogens (tertiary/aromatic N) is 9. The van der Waals surface area contributed by atoms with Gasteiger partial charge >= 0.3 is 11.9 Å². The highest BCUT2D eigenvalue weighted by Crippen LogP contribution is 2.43. The quantitative estimate of drug-likeness (QED) is 0.0428. The molecule has 5 amide bonds. The summed E-state index contributed by atoms with van der Waals surface area (Å²) >= 11 is 4.92. The van der Waals surface area contributed by atoms with Gasteiger partial charge in [0.25, 0.3) is 23.6 Å². The number of cyclic esters (lactones) is 2. The number of esters is 2. The molecule has 31 nitrogen and oxygen atoms in total. The van der Waals surface area contributed by atoms with Crippen molar-refractivity contribution in [3.63, 3.8) is 0 Å². The van der Waals surface area contributed by atoms with Crippen molar-refractivity contribution in [1.82, 2.24) is 71.1 Å². The number of hydrogen-bond donors (Lipinski definition) is 8. The van der Waals surface area contributed by atoms with Crippen molar-refractivity contribution in [2.45, 2.75) is 114 Å². The minimum atomic E-state index is -1.90. The number of carbonyl (C=O) groups is 7. The molecule has 1 aromatic carbocycles. The van der Waals surface area contributed by atoms with Crippen molar-refractivity contribution in [1.29, 1.82) is 0 Å². The number of thiazole rings is 5. The van der Waals surface area contributed by atoms with E-state index in [4.69, 9.17) is 53.1 Å². The zero-order valence-electron chi connectivity index (χ0n) is 55.6. The number of allylic oxidation sites excluding steroid dienone is 1. The van der Waals surface area contributed by atoms with Crippen molar-refractivity contribution in [3.05, 3.63) is 142 Å². The number of aliphatic hydroxyl groups is 2. The summed E-state index contributed by atoms with van der Waals surface area (Å²) in [6, 6.07) is 4.88. The molecule has 0 aliphatic carbocycles. The third-order valence-electron chi connectivity index (χ3n) is 17.4. The first-order chi connectivity index (χ1) is 49.0. The van der Waals surface area contributed by atoms with Crippen LogP contribution >= 0.6 is 56.7 Å². The molecule has 1 fully saturated rings. The van der Waals surface area contributed by atoms with Crippen LogP contribution in [-0.2, 0) is 57.6 Å². The van der Waals surface area contributed by atoms with Gasteiger partial charge in [-0.1, -0.05) is 18.2 Å². The highest BCUT2D eigenvalue weighted by Gasteiger charge is 2.50. The van der Waals surface area contributed by atoms with E-state index in [1.54, 1.807) is 80.3 Å². The SMILES string of the molecule is CO/C(C)=C1/NC(=O)C(C(C)O)NC(=O)c2csc(n2)-c2cc(OC)c(-c3nc(C(=O)NCCc4cccnc4)cs3)nc2-c2csc(n2)C2COC(=O)c3c4c5c(cccc5n3O)COC(=O)C(OC3CC(C)(O)C(N(C)C)C(C)O3)C(OC4)C(NC(=O)c3csc1n3)c1nc(cs1)C(=O)N2. The highest BCUT2D eigenvalue weighted by molar-refractivity contribution is 7.14. The minimum absolute atomic E-state index is 0.00656. The van der Waals surface area contributed by atoms with Gasteiger partial charge in [0.05, 0.1) is 50.2 Å². The second kappa shape index (κ2) is 29.4. The molecular formula is C66H66N14O17S5. The van der Waals surface area contributed by atoms with Crippen molar-refractivity contribution in [2.24, 2.45) is 0 Å². The van der Waals surface area contributed by atoms with Gasteiger partial charge in [-0.2, -0.15) is 4.73 Å². The van der Waals surface area contributed by atoms with Crippen LogP contribution in [0.15, 0.2) is 81.5 Å². The number of rotatable bonds is 11. The predicted octanol–water partition coefficient (Wildman–Crippen LogP) is 5.83. The Hall–Kier alpha value is -9.60. The van der Waals surface area contributed by atoms with Crippen LogP contribution in [0.4, 0.5) is 0 Å². The molecule has 4 aliphatic heterocycles. The van der Waals surface area contributed by atoms with E-state index in [2.05, 4.69) is 41.5 Å². The summed E-state index contributed by atoms with van der Waals surface area (Å²) in [5.74, 6) is -5.95. The molecule has 0 spiro atoms. The van der Waals surface area contributed by atoms with Gasteiger partial charge in [0.1, 0.15) is 120 Å². The maximum absolute atomic E-state index is 15.2. The summed E-state index contributed by atoms with van der Waals surface area (Å²) in [5, 5.41) is 57.6. The number of likely N-dealkylation sites (N-methyl/N-ethyl adjacent to an activating group) is 1. The normalized spacial score (nSPS) is 23.6. The Labute approximate surface area is 600 Å². The Morgan fingerprint density at radius 3 is 2.27 bits per heavy atom. The van der Waals surface area contributed by atoms with Crippen molar-refractivity contribution in [3.8, 4) is 38.4 Å². The number of ether oxygens (including phenoxy) is 7. The van der Waals surface area contributed by atoms with E-state index in [9.17, 15) is 29.8 Å². The molecule has 9 aromatic rings. The maximum Gasteiger partial charge on any atom is 0.358 e. The van der Waals surface area contributed by atoms with Crippen LogP contribution in [0.1, 0.15) is 130 Å². The number of pyridine rings is 2. The first-order valence-corrected chi connectivity index (χ1v) is 36.1.